The van der Waals surface area contributed by atoms with Crippen LogP contribution in [0.4, 0.5) is 16.2 Å². The second kappa shape index (κ2) is 6.48. The van der Waals surface area contributed by atoms with Gasteiger partial charge in [0.15, 0.2) is 5.41 Å². The first-order valence-corrected chi connectivity index (χ1v) is 9.46. The predicted octanol–water partition coefficient (Wildman–Crippen LogP) is 2.82. The molecule has 1 spiro atoms. The van der Waals surface area contributed by atoms with Crippen molar-refractivity contribution in [2.24, 2.45) is 5.41 Å². The van der Waals surface area contributed by atoms with E-state index in [1.165, 1.54) is 0 Å². The van der Waals surface area contributed by atoms with E-state index >= 15 is 0 Å². The predicted molar refractivity (Wildman–Crippen MR) is 107 cm³/mol. The van der Waals surface area contributed by atoms with Gasteiger partial charge in [0.2, 0.25) is 5.91 Å². The van der Waals surface area contributed by atoms with Crippen LogP contribution in [0.25, 0.3) is 0 Å². The van der Waals surface area contributed by atoms with Gasteiger partial charge in [0.05, 0.1) is 5.69 Å². The molecule has 2 heterocycles. The highest BCUT2D eigenvalue weighted by molar-refractivity contribution is 6.30. The molecule has 0 saturated carbocycles. The standard InChI is InChI=1S/C22H23N3O3/c1-4-15-7-5-6-8-18(15)25-20(27)22(19(26)23-21(25)28)12-16-11-14(2)9-10-17(16)24(3)13-22/h5-11H,4,12-13H2,1-3H3,(H,23,26,28). The number of nitrogens with zero attached hydrogens (tertiary/aromatic N) is 2. The van der Waals surface area contributed by atoms with Crippen LogP contribution < -0.4 is 15.1 Å². The van der Waals surface area contributed by atoms with E-state index in [0.29, 0.717) is 12.1 Å². The SMILES string of the molecule is CCc1ccccc1N1C(=O)NC(=O)C2(Cc3cc(C)ccc3N(C)C2)C1=O. The lowest BCUT2D eigenvalue weighted by Crippen LogP contribution is -2.68. The number of amides is 4. The van der Waals surface area contributed by atoms with Crippen LogP contribution in [0, 0.1) is 12.3 Å². The van der Waals surface area contributed by atoms with Crippen LogP contribution in [0.1, 0.15) is 23.6 Å². The van der Waals surface area contributed by atoms with E-state index in [4.69, 9.17) is 0 Å². The molecule has 0 aliphatic carbocycles. The minimum atomic E-state index is -1.33. The normalized spacial score (nSPS) is 21.8. The van der Waals surface area contributed by atoms with E-state index in [-0.39, 0.29) is 13.0 Å². The quantitative estimate of drug-likeness (QED) is 0.817. The van der Waals surface area contributed by atoms with E-state index in [9.17, 15) is 14.4 Å². The smallest absolute Gasteiger partial charge is 0.335 e. The summed E-state index contributed by atoms with van der Waals surface area (Å²) in [4.78, 5) is 42.3. The van der Waals surface area contributed by atoms with Crippen molar-refractivity contribution < 1.29 is 14.4 Å². The van der Waals surface area contributed by atoms with Gasteiger partial charge >= 0.3 is 6.03 Å². The lowest BCUT2D eigenvalue weighted by atomic mass is 9.74. The molecule has 1 saturated heterocycles. The number of benzene rings is 2. The first-order valence-electron chi connectivity index (χ1n) is 9.46. The highest BCUT2D eigenvalue weighted by Gasteiger charge is 2.56. The van der Waals surface area contributed by atoms with Crippen LogP contribution in [-0.2, 0) is 22.4 Å². The number of barbiturate groups is 1. The number of imide groups is 2. The van der Waals surface area contributed by atoms with Crippen molar-refractivity contribution in [3.8, 4) is 0 Å². The maximum atomic E-state index is 13.6. The molecule has 2 aromatic rings. The minimum absolute atomic E-state index is 0.228. The van der Waals surface area contributed by atoms with Crippen molar-refractivity contribution in [1.29, 1.82) is 0 Å². The number of nitrogens with one attached hydrogen (secondary N) is 1. The van der Waals surface area contributed by atoms with Gasteiger partial charge in [-0.25, -0.2) is 9.69 Å². The number of fused-ring (bicyclic) bond motifs is 1. The van der Waals surface area contributed by atoms with Crippen molar-refractivity contribution in [1.82, 2.24) is 5.32 Å². The highest BCUT2D eigenvalue weighted by atomic mass is 16.2. The second-order valence-electron chi connectivity index (χ2n) is 7.63. The van der Waals surface area contributed by atoms with Gasteiger partial charge in [0, 0.05) is 19.3 Å². The molecule has 28 heavy (non-hydrogen) atoms. The Morgan fingerprint density at radius 1 is 1.07 bits per heavy atom. The fourth-order valence-corrected chi connectivity index (χ4v) is 4.32. The van der Waals surface area contributed by atoms with Crippen molar-refractivity contribution in [3.05, 3.63) is 59.2 Å². The molecule has 2 aliphatic heterocycles. The van der Waals surface area contributed by atoms with Gasteiger partial charge in [-0.15, -0.1) is 0 Å². The maximum Gasteiger partial charge on any atom is 0.335 e. The fourth-order valence-electron chi connectivity index (χ4n) is 4.32. The Labute approximate surface area is 164 Å². The number of hydrogen-bond donors (Lipinski definition) is 1. The van der Waals surface area contributed by atoms with E-state index in [1.54, 1.807) is 12.1 Å². The first-order chi connectivity index (χ1) is 13.4. The molecule has 0 radical (unpaired) electrons. The summed E-state index contributed by atoms with van der Waals surface area (Å²) in [6.07, 6.45) is 0.952. The molecule has 1 atom stereocenters. The van der Waals surface area contributed by atoms with E-state index in [0.717, 1.165) is 27.3 Å². The van der Waals surface area contributed by atoms with E-state index in [2.05, 4.69) is 5.32 Å². The van der Waals surface area contributed by atoms with Crippen LogP contribution in [-0.4, -0.2) is 31.4 Å². The second-order valence-corrected chi connectivity index (χ2v) is 7.63. The van der Waals surface area contributed by atoms with Crippen molar-refractivity contribution >= 4 is 29.2 Å². The summed E-state index contributed by atoms with van der Waals surface area (Å²) < 4.78 is 0. The molecule has 144 valence electrons. The van der Waals surface area contributed by atoms with Crippen LogP contribution in [0.2, 0.25) is 0 Å². The zero-order valence-corrected chi connectivity index (χ0v) is 16.3. The van der Waals surface area contributed by atoms with Gasteiger partial charge in [0.1, 0.15) is 0 Å². The molecular weight excluding hydrogens is 354 g/mol. The molecule has 2 aromatic carbocycles. The Balaban J connectivity index is 1.82. The van der Waals surface area contributed by atoms with Gasteiger partial charge in [-0.3, -0.25) is 14.9 Å². The molecular formula is C22H23N3O3. The average Bonchev–Trinajstić information content (AvgIpc) is 2.66. The van der Waals surface area contributed by atoms with E-state index < -0.39 is 23.3 Å². The average molecular weight is 377 g/mol. The van der Waals surface area contributed by atoms with Crippen LogP contribution in [0.5, 0.6) is 0 Å². The largest absolute Gasteiger partial charge is 0.373 e. The number of para-hydroxylation sites is 1. The van der Waals surface area contributed by atoms with Gasteiger partial charge < -0.3 is 4.90 Å². The van der Waals surface area contributed by atoms with Crippen LogP contribution >= 0.6 is 0 Å². The Morgan fingerprint density at radius 3 is 2.57 bits per heavy atom. The highest BCUT2D eigenvalue weighted by Crippen LogP contribution is 2.41. The monoisotopic (exact) mass is 377 g/mol. The molecule has 1 N–H and O–H groups in total. The minimum Gasteiger partial charge on any atom is -0.373 e. The van der Waals surface area contributed by atoms with Crippen molar-refractivity contribution in [3.63, 3.8) is 0 Å². The van der Waals surface area contributed by atoms with Gasteiger partial charge in [0.25, 0.3) is 5.91 Å². The number of rotatable bonds is 2. The summed E-state index contributed by atoms with van der Waals surface area (Å²) >= 11 is 0. The number of aryl methyl sites for hydroxylation is 2. The topological polar surface area (TPSA) is 69.7 Å². The van der Waals surface area contributed by atoms with Gasteiger partial charge in [-0.2, -0.15) is 0 Å². The molecule has 0 bridgehead atoms. The number of hydrogen-bond acceptors (Lipinski definition) is 4. The maximum absolute atomic E-state index is 13.6. The van der Waals surface area contributed by atoms with Crippen LogP contribution in [0.15, 0.2) is 42.5 Å². The number of urea groups is 1. The molecule has 1 fully saturated rings. The number of anilines is 2. The molecule has 4 rings (SSSR count). The summed E-state index contributed by atoms with van der Waals surface area (Å²) in [5, 5.41) is 2.44. The van der Waals surface area contributed by atoms with Gasteiger partial charge in [-0.05, 0) is 43.0 Å². The third-order valence-corrected chi connectivity index (χ3v) is 5.73. The Bertz CT molecular complexity index is 1000. The summed E-state index contributed by atoms with van der Waals surface area (Å²) in [7, 11) is 1.87. The van der Waals surface area contributed by atoms with Crippen molar-refractivity contribution in [2.45, 2.75) is 26.7 Å². The molecule has 4 amide bonds. The number of carbonyl (C=O) groups excluding carboxylic acids is 3. The summed E-state index contributed by atoms with van der Waals surface area (Å²) in [5.41, 5.74) is 3.11. The zero-order chi connectivity index (χ0) is 20.1. The Hall–Kier alpha value is -3.15. The fraction of sp³-hybridized carbons (Fsp3) is 0.318. The number of carbonyl (C=O) groups is 3. The third-order valence-electron chi connectivity index (χ3n) is 5.73. The first kappa shape index (κ1) is 18.2. The third kappa shape index (κ3) is 2.59. The van der Waals surface area contributed by atoms with Gasteiger partial charge in [-0.1, -0.05) is 42.8 Å². The molecule has 6 heteroatoms. The van der Waals surface area contributed by atoms with E-state index in [1.807, 2.05) is 56.1 Å². The summed E-state index contributed by atoms with van der Waals surface area (Å²) in [5.74, 6) is -0.979. The lowest BCUT2D eigenvalue weighted by Gasteiger charge is -2.45. The van der Waals surface area contributed by atoms with Crippen LogP contribution in [0.3, 0.4) is 0 Å². The Morgan fingerprint density at radius 2 is 1.82 bits per heavy atom. The zero-order valence-electron chi connectivity index (χ0n) is 16.3. The molecule has 2 aliphatic rings. The summed E-state index contributed by atoms with van der Waals surface area (Å²) in [6, 6.07) is 12.7. The summed E-state index contributed by atoms with van der Waals surface area (Å²) in [6.45, 7) is 4.18. The van der Waals surface area contributed by atoms with Crippen molar-refractivity contribution in [2.75, 3.05) is 23.4 Å². The molecule has 1 unspecified atom stereocenters. The lowest BCUT2D eigenvalue weighted by molar-refractivity contribution is -0.142. The molecule has 0 aromatic heterocycles. The Kier molecular flexibility index (Phi) is 4.22. The molecule has 6 nitrogen and oxygen atoms in total.